The minimum Gasteiger partial charge on any atom is -0.394 e. The van der Waals surface area contributed by atoms with Crippen molar-refractivity contribution in [3.05, 3.63) is 48.6 Å². The van der Waals surface area contributed by atoms with E-state index in [-0.39, 0.29) is 12.5 Å². The van der Waals surface area contributed by atoms with Gasteiger partial charge in [-0.15, -0.1) is 0 Å². The molecule has 0 aromatic heterocycles. The molecule has 0 aliphatic carbocycles. The van der Waals surface area contributed by atoms with Crippen molar-refractivity contribution >= 4 is 5.91 Å². The first-order valence-corrected chi connectivity index (χ1v) is 14.8. The molecule has 0 rings (SSSR count). The van der Waals surface area contributed by atoms with Crippen molar-refractivity contribution in [2.45, 2.75) is 142 Å². The number of amides is 1. The lowest BCUT2D eigenvalue weighted by molar-refractivity contribution is -0.123. The van der Waals surface area contributed by atoms with Gasteiger partial charge in [-0.1, -0.05) is 120 Å². The second kappa shape index (κ2) is 27.9. The molecule has 0 heterocycles. The topological polar surface area (TPSA) is 69.6 Å². The Kier molecular flexibility index (Phi) is 26.6. The van der Waals surface area contributed by atoms with E-state index in [0.717, 1.165) is 70.6 Å². The van der Waals surface area contributed by atoms with Gasteiger partial charge in [0.15, 0.2) is 0 Å². The van der Waals surface area contributed by atoms with Gasteiger partial charge in [-0.25, -0.2) is 0 Å². The number of hydrogen-bond donors (Lipinski definition) is 3. The Labute approximate surface area is 223 Å². The highest BCUT2D eigenvalue weighted by molar-refractivity contribution is 5.76. The first kappa shape index (κ1) is 34.4. The molecular formula is C32H57NO3. The van der Waals surface area contributed by atoms with Crippen LogP contribution in [0.3, 0.4) is 0 Å². The Balaban J connectivity index is 3.70. The number of hydrogen-bond acceptors (Lipinski definition) is 3. The van der Waals surface area contributed by atoms with Gasteiger partial charge in [-0.2, -0.15) is 0 Å². The molecule has 0 bridgehead atoms. The minimum absolute atomic E-state index is 0.0633. The third-order valence-corrected chi connectivity index (χ3v) is 6.35. The largest absolute Gasteiger partial charge is 0.394 e. The van der Waals surface area contributed by atoms with E-state index >= 15 is 0 Å². The van der Waals surface area contributed by atoms with Crippen molar-refractivity contribution in [1.29, 1.82) is 0 Å². The van der Waals surface area contributed by atoms with Crippen LogP contribution in [0.5, 0.6) is 0 Å². The quantitative estimate of drug-likeness (QED) is 0.0870. The number of aliphatic hydroxyl groups is 2. The summed E-state index contributed by atoms with van der Waals surface area (Å²) in [6.07, 6.45) is 35.9. The Bertz CT molecular complexity index is 594. The lowest BCUT2D eigenvalue weighted by Gasteiger charge is -2.22. The highest BCUT2D eigenvalue weighted by atomic mass is 16.3. The molecule has 1 amide bonds. The molecule has 0 spiro atoms. The zero-order chi connectivity index (χ0) is 26.5. The van der Waals surface area contributed by atoms with Crippen molar-refractivity contribution < 1.29 is 15.0 Å². The molecule has 0 radical (unpaired) electrons. The number of rotatable bonds is 25. The van der Waals surface area contributed by atoms with Crippen LogP contribution >= 0.6 is 0 Å². The average molecular weight is 504 g/mol. The predicted octanol–water partition coefficient (Wildman–Crippen LogP) is 8.11. The van der Waals surface area contributed by atoms with E-state index in [4.69, 9.17) is 0 Å². The Morgan fingerprint density at radius 2 is 1.22 bits per heavy atom. The number of aliphatic hydroxyl groups excluding tert-OH is 2. The molecule has 208 valence electrons. The van der Waals surface area contributed by atoms with Gasteiger partial charge in [0.25, 0.3) is 0 Å². The van der Waals surface area contributed by atoms with E-state index in [1.165, 1.54) is 32.1 Å². The van der Waals surface area contributed by atoms with Crippen molar-refractivity contribution in [2.75, 3.05) is 6.61 Å². The second-order valence-corrected chi connectivity index (χ2v) is 9.79. The number of carbonyl (C=O) groups is 1. The third kappa shape index (κ3) is 24.1. The van der Waals surface area contributed by atoms with E-state index in [0.29, 0.717) is 12.8 Å². The molecule has 0 saturated heterocycles. The number of carbonyl (C=O) groups excluding carboxylic acids is 1. The fourth-order valence-corrected chi connectivity index (χ4v) is 4.05. The van der Waals surface area contributed by atoms with Crippen molar-refractivity contribution in [3.8, 4) is 0 Å². The molecule has 0 aromatic carbocycles. The van der Waals surface area contributed by atoms with Gasteiger partial charge >= 0.3 is 0 Å². The molecule has 0 aliphatic rings. The maximum Gasteiger partial charge on any atom is 0.220 e. The molecular weight excluding hydrogens is 446 g/mol. The number of allylic oxidation sites excluding steroid dienone is 8. The van der Waals surface area contributed by atoms with Crippen LogP contribution in [0.4, 0.5) is 0 Å². The lowest BCUT2D eigenvalue weighted by atomic mass is 10.0. The smallest absolute Gasteiger partial charge is 0.220 e. The standard InChI is InChI=1S/C32H57NO3/c1-3-5-7-9-11-12-13-14-15-16-17-18-19-20-22-24-26-28-32(36)33-30(29-34)31(35)27-25-23-21-10-8-6-4-2/h5,7,11-12,14-15,17-18,30-31,34-35H,3-4,6,8-10,13,16,19-29H2,1-2H3,(H,33,36)/b7-5-,12-11-,15-14-,18-17-. The maximum atomic E-state index is 12.2. The van der Waals surface area contributed by atoms with E-state index in [2.05, 4.69) is 67.8 Å². The van der Waals surface area contributed by atoms with Gasteiger partial charge < -0.3 is 15.5 Å². The Hall–Kier alpha value is -1.65. The van der Waals surface area contributed by atoms with Crippen LogP contribution in [0, 0.1) is 0 Å². The van der Waals surface area contributed by atoms with Crippen LogP contribution in [0.25, 0.3) is 0 Å². The van der Waals surface area contributed by atoms with Crippen LogP contribution < -0.4 is 5.32 Å². The molecule has 36 heavy (non-hydrogen) atoms. The average Bonchev–Trinajstić information content (AvgIpc) is 2.88. The van der Waals surface area contributed by atoms with Gasteiger partial charge in [0.2, 0.25) is 5.91 Å². The molecule has 4 heteroatoms. The highest BCUT2D eigenvalue weighted by Crippen LogP contribution is 2.12. The van der Waals surface area contributed by atoms with E-state index in [1.54, 1.807) is 0 Å². The SMILES string of the molecule is CC/C=C\C/C=C\C/C=C\C/C=C\CCCCCCC(=O)NC(CO)C(O)CCCCCCCCC. The first-order valence-electron chi connectivity index (χ1n) is 14.8. The van der Waals surface area contributed by atoms with Crippen molar-refractivity contribution in [2.24, 2.45) is 0 Å². The third-order valence-electron chi connectivity index (χ3n) is 6.35. The number of unbranched alkanes of at least 4 members (excludes halogenated alkanes) is 10. The van der Waals surface area contributed by atoms with Gasteiger partial charge in [0, 0.05) is 6.42 Å². The summed E-state index contributed by atoms with van der Waals surface area (Å²) < 4.78 is 0. The zero-order valence-corrected chi connectivity index (χ0v) is 23.5. The molecule has 0 aromatic rings. The van der Waals surface area contributed by atoms with Crippen LogP contribution in [-0.4, -0.2) is 34.9 Å². The predicted molar refractivity (Wildman–Crippen MR) is 156 cm³/mol. The first-order chi connectivity index (χ1) is 17.7. The fraction of sp³-hybridized carbons (Fsp3) is 0.719. The zero-order valence-electron chi connectivity index (χ0n) is 23.5. The summed E-state index contributed by atoms with van der Waals surface area (Å²) in [6, 6.07) is -0.546. The van der Waals surface area contributed by atoms with Gasteiger partial charge in [-0.05, 0) is 51.4 Å². The molecule has 0 saturated carbocycles. The second-order valence-electron chi connectivity index (χ2n) is 9.79. The summed E-state index contributed by atoms with van der Waals surface area (Å²) in [4.78, 5) is 12.2. The molecule has 3 N–H and O–H groups in total. The summed E-state index contributed by atoms with van der Waals surface area (Å²) in [6.45, 7) is 4.16. The highest BCUT2D eigenvalue weighted by Gasteiger charge is 2.19. The monoisotopic (exact) mass is 503 g/mol. The molecule has 2 atom stereocenters. The van der Waals surface area contributed by atoms with Gasteiger partial charge in [0.1, 0.15) is 0 Å². The Morgan fingerprint density at radius 3 is 1.83 bits per heavy atom. The van der Waals surface area contributed by atoms with Crippen LogP contribution in [-0.2, 0) is 4.79 Å². The van der Waals surface area contributed by atoms with Gasteiger partial charge in [-0.3, -0.25) is 4.79 Å². The minimum atomic E-state index is -0.666. The van der Waals surface area contributed by atoms with Crippen LogP contribution in [0.1, 0.15) is 129 Å². The molecule has 0 aliphatic heterocycles. The van der Waals surface area contributed by atoms with Crippen molar-refractivity contribution in [3.63, 3.8) is 0 Å². The van der Waals surface area contributed by atoms with Crippen molar-refractivity contribution in [1.82, 2.24) is 5.32 Å². The normalized spacial score (nSPS) is 14.0. The number of nitrogens with one attached hydrogen (secondary N) is 1. The van der Waals surface area contributed by atoms with Crippen LogP contribution in [0.15, 0.2) is 48.6 Å². The molecule has 0 fully saturated rings. The molecule has 4 nitrogen and oxygen atoms in total. The Morgan fingerprint density at radius 1 is 0.694 bits per heavy atom. The fourth-order valence-electron chi connectivity index (χ4n) is 4.05. The summed E-state index contributed by atoms with van der Waals surface area (Å²) >= 11 is 0. The summed E-state index contributed by atoms with van der Waals surface area (Å²) in [5.41, 5.74) is 0. The summed E-state index contributed by atoms with van der Waals surface area (Å²) in [7, 11) is 0. The van der Waals surface area contributed by atoms with E-state index in [9.17, 15) is 15.0 Å². The maximum absolute atomic E-state index is 12.2. The summed E-state index contributed by atoms with van der Waals surface area (Å²) in [5, 5.41) is 22.7. The molecule has 2 unspecified atom stereocenters. The summed E-state index contributed by atoms with van der Waals surface area (Å²) in [5.74, 6) is -0.0633. The van der Waals surface area contributed by atoms with E-state index in [1.807, 2.05) is 0 Å². The lowest BCUT2D eigenvalue weighted by Crippen LogP contribution is -2.45. The van der Waals surface area contributed by atoms with E-state index < -0.39 is 12.1 Å². The van der Waals surface area contributed by atoms with Gasteiger partial charge in [0.05, 0.1) is 18.8 Å². The van der Waals surface area contributed by atoms with Crippen LogP contribution in [0.2, 0.25) is 0 Å².